The number of carbonyl (C=O) groups is 2. The number of carboxylic acid groups (broad SMARTS) is 1. The lowest BCUT2D eigenvalue weighted by Gasteiger charge is -2.18. The number of para-hydroxylation sites is 1. The molecule has 2 atom stereocenters. The number of nitrogens with one attached hydrogen (secondary N) is 1. The van der Waals surface area contributed by atoms with Gasteiger partial charge in [-0.25, -0.2) is 4.79 Å². The molecule has 3 rings (SSSR count). The molecule has 1 heterocycles. The number of carbonyl (C=O) groups excluding carboxylic acids is 1. The van der Waals surface area contributed by atoms with Crippen LogP contribution >= 0.6 is 0 Å². The van der Waals surface area contributed by atoms with Crippen LogP contribution in [0.15, 0.2) is 42.5 Å². The SMILES string of the molecule is COc1ccccc1CC(C)CC(=O)NC(C(=O)O)c1ccc2c(c1)CCO2. The summed E-state index contributed by atoms with van der Waals surface area (Å²) in [6, 6.07) is 11.9. The van der Waals surface area contributed by atoms with Crippen LogP contribution < -0.4 is 14.8 Å². The first-order valence-electron chi connectivity index (χ1n) is 9.37. The first-order valence-corrected chi connectivity index (χ1v) is 9.37. The van der Waals surface area contributed by atoms with E-state index in [2.05, 4.69) is 5.32 Å². The zero-order valence-electron chi connectivity index (χ0n) is 16.1. The number of aliphatic carboxylic acids is 1. The second-order valence-corrected chi connectivity index (χ2v) is 7.13. The number of ether oxygens (including phenoxy) is 2. The zero-order valence-corrected chi connectivity index (χ0v) is 16.1. The van der Waals surface area contributed by atoms with E-state index in [-0.39, 0.29) is 18.2 Å². The van der Waals surface area contributed by atoms with Crippen molar-refractivity contribution in [1.29, 1.82) is 0 Å². The fraction of sp³-hybridized carbons (Fsp3) is 0.364. The van der Waals surface area contributed by atoms with E-state index in [0.29, 0.717) is 18.6 Å². The highest BCUT2D eigenvalue weighted by atomic mass is 16.5. The molecule has 28 heavy (non-hydrogen) atoms. The fourth-order valence-corrected chi connectivity index (χ4v) is 3.53. The van der Waals surface area contributed by atoms with Gasteiger partial charge < -0.3 is 19.9 Å². The fourth-order valence-electron chi connectivity index (χ4n) is 3.53. The molecule has 0 saturated carbocycles. The van der Waals surface area contributed by atoms with E-state index >= 15 is 0 Å². The summed E-state index contributed by atoms with van der Waals surface area (Å²) in [5, 5.41) is 12.3. The second kappa shape index (κ2) is 8.78. The lowest BCUT2D eigenvalue weighted by atomic mass is 9.96. The maximum absolute atomic E-state index is 12.5. The van der Waals surface area contributed by atoms with Gasteiger partial charge in [-0.15, -0.1) is 0 Å². The van der Waals surface area contributed by atoms with Gasteiger partial charge >= 0.3 is 5.97 Å². The molecule has 0 bridgehead atoms. The minimum Gasteiger partial charge on any atom is -0.496 e. The van der Waals surface area contributed by atoms with Gasteiger partial charge in [-0.3, -0.25) is 4.79 Å². The molecule has 1 amide bonds. The summed E-state index contributed by atoms with van der Waals surface area (Å²) in [6.45, 7) is 2.57. The standard InChI is InChI=1S/C22H25NO5/c1-14(11-15-5-3-4-6-18(15)27-2)12-20(24)23-21(22(25)26)17-7-8-19-16(13-17)9-10-28-19/h3-8,13-14,21H,9-12H2,1-2H3,(H,23,24)(H,25,26). The first kappa shape index (κ1) is 19.7. The molecule has 0 saturated heterocycles. The maximum atomic E-state index is 12.5. The van der Waals surface area contributed by atoms with Crippen molar-refractivity contribution in [1.82, 2.24) is 5.32 Å². The zero-order chi connectivity index (χ0) is 20.1. The topological polar surface area (TPSA) is 84.9 Å². The number of carboxylic acids is 1. The molecule has 148 valence electrons. The monoisotopic (exact) mass is 383 g/mol. The van der Waals surface area contributed by atoms with Crippen LogP contribution in [0.1, 0.15) is 36.1 Å². The summed E-state index contributed by atoms with van der Waals surface area (Å²) in [5.74, 6) is 0.249. The molecule has 2 N–H and O–H groups in total. The van der Waals surface area contributed by atoms with Crippen molar-refractivity contribution in [2.24, 2.45) is 5.92 Å². The number of benzene rings is 2. The van der Waals surface area contributed by atoms with Crippen LogP contribution in [0.25, 0.3) is 0 Å². The summed E-state index contributed by atoms with van der Waals surface area (Å²) >= 11 is 0. The Hall–Kier alpha value is -3.02. The van der Waals surface area contributed by atoms with E-state index in [4.69, 9.17) is 9.47 Å². The van der Waals surface area contributed by atoms with Gasteiger partial charge in [-0.1, -0.05) is 31.2 Å². The highest BCUT2D eigenvalue weighted by Gasteiger charge is 2.25. The van der Waals surface area contributed by atoms with Gasteiger partial charge in [0.1, 0.15) is 11.5 Å². The molecule has 0 spiro atoms. The van der Waals surface area contributed by atoms with Gasteiger partial charge in [-0.2, -0.15) is 0 Å². The molecule has 6 nitrogen and oxygen atoms in total. The molecular weight excluding hydrogens is 358 g/mol. The quantitative estimate of drug-likeness (QED) is 0.732. The largest absolute Gasteiger partial charge is 0.496 e. The molecule has 0 fully saturated rings. The number of fused-ring (bicyclic) bond motifs is 1. The normalized spacial score (nSPS) is 14.5. The van der Waals surface area contributed by atoms with E-state index in [1.807, 2.05) is 31.2 Å². The summed E-state index contributed by atoms with van der Waals surface area (Å²) in [4.78, 5) is 24.2. The van der Waals surface area contributed by atoms with E-state index in [1.165, 1.54) is 0 Å². The predicted molar refractivity (Wildman–Crippen MR) is 105 cm³/mol. The van der Waals surface area contributed by atoms with Crippen LogP contribution in [-0.4, -0.2) is 30.7 Å². The van der Waals surface area contributed by atoms with Crippen LogP contribution in [0, 0.1) is 5.92 Å². The van der Waals surface area contributed by atoms with Gasteiger partial charge in [-0.05, 0) is 47.2 Å². The Kier molecular flexibility index (Phi) is 6.19. The third-order valence-electron chi connectivity index (χ3n) is 4.89. The van der Waals surface area contributed by atoms with Gasteiger partial charge in [0.05, 0.1) is 13.7 Å². The third kappa shape index (κ3) is 4.63. The van der Waals surface area contributed by atoms with Crippen LogP contribution in [0.4, 0.5) is 0 Å². The van der Waals surface area contributed by atoms with Crippen molar-refractivity contribution in [3.05, 3.63) is 59.2 Å². The summed E-state index contributed by atoms with van der Waals surface area (Å²) in [6.07, 6.45) is 1.65. The number of amides is 1. The average Bonchev–Trinajstić information content (AvgIpc) is 3.14. The van der Waals surface area contributed by atoms with Gasteiger partial charge in [0.2, 0.25) is 5.91 Å². The minimum atomic E-state index is -1.08. The Bertz CT molecular complexity index is 864. The number of hydrogen-bond donors (Lipinski definition) is 2. The minimum absolute atomic E-state index is 0.0409. The smallest absolute Gasteiger partial charge is 0.330 e. The number of methoxy groups -OCH3 is 1. The molecule has 1 aliphatic rings. The Balaban J connectivity index is 1.63. The highest BCUT2D eigenvalue weighted by molar-refractivity contribution is 5.84. The molecule has 2 unspecified atom stereocenters. The van der Waals surface area contributed by atoms with Gasteiger partial charge in [0, 0.05) is 12.8 Å². The summed E-state index contributed by atoms with van der Waals surface area (Å²) in [5.41, 5.74) is 2.56. The molecule has 0 aromatic heterocycles. The molecule has 0 radical (unpaired) electrons. The van der Waals surface area contributed by atoms with Gasteiger partial charge in [0.15, 0.2) is 6.04 Å². The lowest BCUT2D eigenvalue weighted by molar-refractivity contribution is -0.142. The summed E-state index contributed by atoms with van der Waals surface area (Å²) in [7, 11) is 1.62. The molecule has 2 aromatic carbocycles. The number of hydrogen-bond acceptors (Lipinski definition) is 4. The Morgan fingerprint density at radius 2 is 2.04 bits per heavy atom. The average molecular weight is 383 g/mol. The van der Waals surface area contributed by atoms with Gasteiger partial charge in [0.25, 0.3) is 0 Å². The van der Waals surface area contributed by atoms with Crippen molar-refractivity contribution >= 4 is 11.9 Å². The van der Waals surface area contributed by atoms with Crippen LogP contribution in [0.2, 0.25) is 0 Å². The third-order valence-corrected chi connectivity index (χ3v) is 4.89. The highest BCUT2D eigenvalue weighted by Crippen LogP contribution is 2.28. The Morgan fingerprint density at radius 3 is 2.79 bits per heavy atom. The van der Waals surface area contributed by atoms with Crippen molar-refractivity contribution in [2.75, 3.05) is 13.7 Å². The molecule has 2 aromatic rings. The summed E-state index contributed by atoms with van der Waals surface area (Å²) < 4.78 is 10.8. The van der Waals surface area contributed by atoms with Crippen LogP contribution in [-0.2, 0) is 22.4 Å². The molecule has 1 aliphatic heterocycles. The van der Waals surface area contributed by atoms with E-state index in [1.54, 1.807) is 25.3 Å². The number of rotatable bonds is 8. The van der Waals surface area contributed by atoms with Crippen molar-refractivity contribution in [3.8, 4) is 11.5 Å². The predicted octanol–water partition coefficient (Wildman–Crippen LogP) is 3.14. The second-order valence-electron chi connectivity index (χ2n) is 7.13. The van der Waals surface area contributed by atoms with E-state index in [9.17, 15) is 14.7 Å². The molecule has 6 heteroatoms. The Morgan fingerprint density at radius 1 is 1.25 bits per heavy atom. The van der Waals surface area contributed by atoms with Crippen LogP contribution in [0.5, 0.6) is 11.5 Å². The maximum Gasteiger partial charge on any atom is 0.330 e. The van der Waals surface area contributed by atoms with Crippen molar-refractivity contribution in [2.45, 2.75) is 32.2 Å². The van der Waals surface area contributed by atoms with Crippen molar-refractivity contribution < 1.29 is 24.2 Å². The van der Waals surface area contributed by atoms with E-state index in [0.717, 1.165) is 29.0 Å². The molecule has 0 aliphatic carbocycles. The first-order chi connectivity index (χ1) is 13.5. The van der Waals surface area contributed by atoms with Crippen LogP contribution in [0.3, 0.4) is 0 Å². The Labute approximate surface area is 164 Å². The molecular formula is C22H25NO5. The van der Waals surface area contributed by atoms with Crippen molar-refractivity contribution in [3.63, 3.8) is 0 Å². The lowest BCUT2D eigenvalue weighted by Crippen LogP contribution is -2.34. The van der Waals surface area contributed by atoms with E-state index < -0.39 is 12.0 Å².